The molecule has 5 nitrogen and oxygen atoms in total. The molecule has 0 unspecified atom stereocenters. The van der Waals surface area contributed by atoms with Gasteiger partial charge in [-0.15, -0.1) is 0 Å². The highest BCUT2D eigenvalue weighted by atomic mass is 31.2. The molecule has 0 radical (unpaired) electrons. The van der Waals surface area contributed by atoms with Crippen molar-refractivity contribution in [3.63, 3.8) is 0 Å². The van der Waals surface area contributed by atoms with Crippen molar-refractivity contribution in [1.82, 2.24) is 0 Å². The molecule has 0 atom stereocenters. The topological polar surface area (TPSA) is 77.8 Å². The molecule has 0 rings (SSSR count). The Morgan fingerprint density at radius 2 is 1.05 bits per heavy atom. The highest BCUT2D eigenvalue weighted by Crippen LogP contribution is 2.25. The highest BCUT2D eigenvalue weighted by Gasteiger charge is 2.23. The Hall–Kier alpha value is 0.0700. The lowest BCUT2D eigenvalue weighted by atomic mass is 10.2. The van der Waals surface area contributed by atoms with Crippen LogP contribution in [0.1, 0.15) is 59.8 Å². The molecule has 0 heterocycles. The van der Waals surface area contributed by atoms with Crippen molar-refractivity contribution in [1.29, 1.82) is 0 Å². The molecule has 118 valence electrons. The average Bonchev–Trinajstić information content (AvgIpc) is 2.25. The third-order valence-corrected chi connectivity index (χ3v) is 3.08. The van der Waals surface area contributed by atoms with Crippen LogP contribution in [-0.4, -0.2) is 45.3 Å². The summed E-state index contributed by atoms with van der Waals surface area (Å²) in [5, 5.41) is 0. The average molecular weight is 298 g/mol. The molecular formula is C13H33NO4P+. The van der Waals surface area contributed by atoms with E-state index in [1.165, 1.54) is 62.8 Å². The fourth-order valence-corrected chi connectivity index (χ4v) is 2.59. The van der Waals surface area contributed by atoms with Crippen LogP contribution in [0.25, 0.3) is 0 Å². The van der Waals surface area contributed by atoms with Crippen LogP contribution in [0.15, 0.2) is 0 Å². The zero-order valence-corrected chi connectivity index (χ0v) is 13.9. The van der Waals surface area contributed by atoms with Crippen LogP contribution in [-0.2, 0) is 4.57 Å². The fraction of sp³-hybridized carbons (Fsp3) is 1.00. The van der Waals surface area contributed by atoms with Crippen molar-refractivity contribution in [3.8, 4) is 0 Å². The third kappa shape index (κ3) is 16.0. The van der Waals surface area contributed by atoms with Crippen molar-refractivity contribution < 1.29 is 23.7 Å². The third-order valence-electron chi connectivity index (χ3n) is 3.08. The number of quaternary nitrogens is 1. The van der Waals surface area contributed by atoms with E-state index in [4.69, 9.17) is 19.2 Å². The van der Waals surface area contributed by atoms with Crippen molar-refractivity contribution >= 4 is 7.82 Å². The maximum Gasteiger partial charge on any atom is 0.466 e. The van der Waals surface area contributed by atoms with Crippen LogP contribution < -0.4 is 0 Å². The minimum atomic E-state index is -4.64. The van der Waals surface area contributed by atoms with E-state index in [0.29, 0.717) is 0 Å². The predicted molar refractivity (Wildman–Crippen MR) is 79.8 cm³/mol. The second-order valence-electron chi connectivity index (χ2n) is 5.10. The van der Waals surface area contributed by atoms with E-state index in [2.05, 4.69) is 27.7 Å². The molecule has 0 aliphatic heterocycles. The smallest absolute Gasteiger partial charge is 0.324 e. The van der Waals surface area contributed by atoms with Crippen LogP contribution in [0.4, 0.5) is 0 Å². The Kier molecular flexibility index (Phi) is 13.3. The summed E-state index contributed by atoms with van der Waals surface area (Å²) in [5.74, 6) is 0. The first kappa shape index (κ1) is 21.4. The van der Waals surface area contributed by atoms with Crippen molar-refractivity contribution in [2.45, 2.75) is 59.8 Å². The number of unbranched alkanes of at least 4 members (excludes halogenated alkanes) is 1. The molecule has 0 aliphatic rings. The van der Waals surface area contributed by atoms with Crippen LogP contribution in [0.2, 0.25) is 0 Å². The lowest BCUT2D eigenvalue weighted by molar-refractivity contribution is -0.928. The first-order valence-corrected chi connectivity index (χ1v) is 8.94. The maximum absolute atomic E-state index is 8.88. The summed E-state index contributed by atoms with van der Waals surface area (Å²) in [7, 11) is -4.64. The molecule has 0 saturated carbocycles. The second-order valence-corrected chi connectivity index (χ2v) is 6.13. The van der Waals surface area contributed by atoms with Gasteiger partial charge in [0, 0.05) is 0 Å². The molecule has 19 heavy (non-hydrogen) atoms. The maximum atomic E-state index is 8.88. The van der Waals surface area contributed by atoms with Gasteiger partial charge in [0.2, 0.25) is 0 Å². The van der Waals surface area contributed by atoms with Gasteiger partial charge in [-0.2, -0.15) is 0 Å². The highest BCUT2D eigenvalue weighted by molar-refractivity contribution is 7.45. The van der Waals surface area contributed by atoms with E-state index < -0.39 is 7.82 Å². The van der Waals surface area contributed by atoms with E-state index in [1.54, 1.807) is 0 Å². The van der Waals surface area contributed by atoms with E-state index in [-0.39, 0.29) is 0 Å². The van der Waals surface area contributed by atoms with Gasteiger partial charge in [0.1, 0.15) is 0 Å². The normalized spacial score (nSPS) is 11.9. The molecular weight excluding hydrogens is 265 g/mol. The minimum Gasteiger partial charge on any atom is -0.324 e. The summed E-state index contributed by atoms with van der Waals surface area (Å²) in [4.78, 5) is 21.6. The first-order chi connectivity index (χ1) is 8.74. The van der Waals surface area contributed by atoms with E-state index in [0.717, 1.165) is 0 Å². The number of rotatable bonds is 9. The molecule has 0 amide bonds. The Morgan fingerprint density at radius 1 is 0.737 bits per heavy atom. The Morgan fingerprint density at radius 3 is 1.26 bits per heavy atom. The van der Waals surface area contributed by atoms with Crippen molar-refractivity contribution in [2.75, 3.05) is 26.2 Å². The van der Waals surface area contributed by atoms with E-state index in [1.807, 2.05) is 0 Å². The molecule has 0 aromatic rings. The van der Waals surface area contributed by atoms with Gasteiger partial charge in [-0.05, 0) is 25.7 Å². The van der Waals surface area contributed by atoms with Crippen LogP contribution >= 0.6 is 7.82 Å². The number of hydrogen-bond donors (Lipinski definition) is 3. The lowest BCUT2D eigenvalue weighted by Crippen LogP contribution is -2.50. The summed E-state index contributed by atoms with van der Waals surface area (Å²) in [6.45, 7) is 14.9. The monoisotopic (exact) mass is 298 g/mol. The minimum absolute atomic E-state index is 1.34. The molecule has 3 N–H and O–H groups in total. The molecule has 0 aromatic carbocycles. The van der Waals surface area contributed by atoms with Gasteiger partial charge in [0.25, 0.3) is 0 Å². The van der Waals surface area contributed by atoms with Gasteiger partial charge >= 0.3 is 7.82 Å². The summed E-state index contributed by atoms with van der Waals surface area (Å²) in [5.41, 5.74) is 0. The molecule has 0 aromatic heterocycles. The molecule has 0 fully saturated rings. The summed E-state index contributed by atoms with van der Waals surface area (Å²) in [6, 6.07) is 0. The second kappa shape index (κ2) is 11.9. The van der Waals surface area contributed by atoms with Gasteiger partial charge in [0.05, 0.1) is 26.2 Å². The standard InChI is InChI=1S/C13H30N.H3O4P/c1-5-9-13-14(10-6-2,11-7-3)12-8-4;1-5(2,3)4/h5-13H2,1-4H3;(H3,1,2,3,4)/q+1;. The molecule has 0 bridgehead atoms. The number of hydrogen-bond acceptors (Lipinski definition) is 1. The Labute approximate surface area is 118 Å². The van der Waals surface area contributed by atoms with Gasteiger partial charge in [-0.3, -0.25) is 0 Å². The van der Waals surface area contributed by atoms with Crippen molar-refractivity contribution in [3.05, 3.63) is 0 Å². The molecule has 0 saturated heterocycles. The summed E-state index contributed by atoms with van der Waals surface area (Å²) >= 11 is 0. The zero-order valence-electron chi connectivity index (χ0n) is 13.0. The summed E-state index contributed by atoms with van der Waals surface area (Å²) in [6.07, 6.45) is 6.76. The molecule has 0 aliphatic carbocycles. The van der Waals surface area contributed by atoms with E-state index >= 15 is 0 Å². The number of nitrogens with zero attached hydrogens (tertiary/aromatic N) is 1. The lowest BCUT2D eigenvalue weighted by Gasteiger charge is -2.38. The van der Waals surface area contributed by atoms with E-state index in [9.17, 15) is 0 Å². The van der Waals surface area contributed by atoms with Crippen molar-refractivity contribution in [2.24, 2.45) is 0 Å². The summed E-state index contributed by atoms with van der Waals surface area (Å²) < 4.78 is 10.3. The quantitative estimate of drug-likeness (QED) is 0.452. The van der Waals surface area contributed by atoms with Crippen LogP contribution in [0.3, 0.4) is 0 Å². The van der Waals surface area contributed by atoms with Gasteiger partial charge in [0.15, 0.2) is 0 Å². The molecule has 6 heteroatoms. The Bertz CT molecular complexity index is 218. The van der Waals surface area contributed by atoms with Crippen LogP contribution in [0.5, 0.6) is 0 Å². The number of phosphoric acid groups is 1. The fourth-order valence-electron chi connectivity index (χ4n) is 2.59. The van der Waals surface area contributed by atoms with Gasteiger partial charge in [-0.25, -0.2) is 4.57 Å². The largest absolute Gasteiger partial charge is 0.466 e. The first-order valence-electron chi connectivity index (χ1n) is 7.38. The SMILES string of the molecule is CCCC[N+](CCC)(CCC)CCC.O=P(O)(O)O. The van der Waals surface area contributed by atoms with Crippen LogP contribution in [0, 0.1) is 0 Å². The van der Waals surface area contributed by atoms with Gasteiger partial charge in [-0.1, -0.05) is 34.1 Å². The van der Waals surface area contributed by atoms with Gasteiger partial charge < -0.3 is 19.2 Å². The Balaban J connectivity index is 0. The predicted octanol–water partition coefficient (Wildman–Crippen LogP) is 2.90. The zero-order chi connectivity index (χ0) is 15.4. The molecule has 0 spiro atoms.